The Morgan fingerprint density at radius 3 is 2.95 bits per heavy atom. The van der Waals surface area contributed by atoms with Gasteiger partial charge in [-0.1, -0.05) is 6.07 Å². The summed E-state index contributed by atoms with van der Waals surface area (Å²) in [6, 6.07) is 7.74. The standard InChI is InChI=1S/C16H16FN3O/c17-12-5-6-13(14(18)9-12)16(21)20-8-2-4-15(20)11-3-1-7-19-10-11/h1,3,5-7,9-10,15H,2,4,8,18H2. The zero-order chi connectivity index (χ0) is 14.8. The summed E-state index contributed by atoms with van der Waals surface area (Å²) in [6.07, 6.45) is 5.33. The van der Waals surface area contributed by atoms with Crippen LogP contribution in [0.25, 0.3) is 0 Å². The molecule has 1 aliphatic rings. The summed E-state index contributed by atoms with van der Waals surface area (Å²) in [6.45, 7) is 0.676. The number of aromatic nitrogens is 1. The largest absolute Gasteiger partial charge is 0.398 e. The molecule has 108 valence electrons. The zero-order valence-corrected chi connectivity index (χ0v) is 11.5. The predicted molar refractivity (Wildman–Crippen MR) is 78.1 cm³/mol. The molecule has 0 saturated carbocycles. The number of carbonyl (C=O) groups excluding carboxylic acids is 1. The molecule has 1 saturated heterocycles. The van der Waals surface area contributed by atoms with Gasteiger partial charge in [0.25, 0.3) is 5.91 Å². The summed E-state index contributed by atoms with van der Waals surface area (Å²) in [7, 11) is 0. The number of nitrogens with zero attached hydrogens (tertiary/aromatic N) is 2. The molecule has 0 spiro atoms. The normalized spacial score (nSPS) is 18.0. The molecule has 1 aliphatic heterocycles. The molecule has 5 heteroatoms. The van der Waals surface area contributed by atoms with Gasteiger partial charge in [0.2, 0.25) is 0 Å². The quantitative estimate of drug-likeness (QED) is 0.863. The van der Waals surface area contributed by atoms with Gasteiger partial charge in [0.05, 0.1) is 11.6 Å². The number of hydrogen-bond acceptors (Lipinski definition) is 3. The first-order valence-electron chi connectivity index (χ1n) is 6.93. The monoisotopic (exact) mass is 285 g/mol. The van der Waals surface area contributed by atoms with Gasteiger partial charge in [-0.3, -0.25) is 9.78 Å². The van der Waals surface area contributed by atoms with Gasteiger partial charge < -0.3 is 10.6 Å². The van der Waals surface area contributed by atoms with Crippen molar-refractivity contribution >= 4 is 11.6 Å². The topological polar surface area (TPSA) is 59.2 Å². The Bertz CT molecular complexity index is 660. The number of likely N-dealkylation sites (tertiary alicyclic amines) is 1. The molecule has 0 bridgehead atoms. The number of nitrogen functional groups attached to an aromatic ring is 1. The van der Waals surface area contributed by atoms with Crippen molar-refractivity contribution in [3.05, 3.63) is 59.7 Å². The van der Waals surface area contributed by atoms with Crippen LogP contribution in [0.4, 0.5) is 10.1 Å². The number of hydrogen-bond donors (Lipinski definition) is 1. The summed E-state index contributed by atoms with van der Waals surface area (Å²) in [5.41, 5.74) is 7.32. The highest BCUT2D eigenvalue weighted by atomic mass is 19.1. The number of halogens is 1. The van der Waals surface area contributed by atoms with Crippen molar-refractivity contribution in [2.45, 2.75) is 18.9 Å². The first kappa shape index (κ1) is 13.5. The second-order valence-corrected chi connectivity index (χ2v) is 5.17. The Morgan fingerprint density at radius 2 is 2.24 bits per heavy atom. The summed E-state index contributed by atoms with van der Waals surface area (Å²) >= 11 is 0. The Balaban J connectivity index is 1.90. The molecule has 2 N–H and O–H groups in total. The lowest BCUT2D eigenvalue weighted by Crippen LogP contribution is -2.31. The van der Waals surface area contributed by atoms with Gasteiger partial charge >= 0.3 is 0 Å². The molecule has 1 unspecified atom stereocenters. The molecule has 2 aromatic rings. The lowest BCUT2D eigenvalue weighted by atomic mass is 10.1. The van der Waals surface area contributed by atoms with E-state index in [4.69, 9.17) is 5.73 Å². The van der Waals surface area contributed by atoms with Crippen molar-refractivity contribution in [2.24, 2.45) is 0 Å². The van der Waals surface area contributed by atoms with Crippen LogP contribution in [0.15, 0.2) is 42.7 Å². The average Bonchev–Trinajstić information content (AvgIpc) is 2.97. The minimum Gasteiger partial charge on any atom is -0.398 e. The minimum atomic E-state index is -0.436. The van der Waals surface area contributed by atoms with E-state index in [1.54, 1.807) is 17.3 Å². The SMILES string of the molecule is Nc1cc(F)ccc1C(=O)N1CCCC1c1cccnc1. The molecule has 0 radical (unpaired) electrons. The van der Waals surface area contributed by atoms with Crippen molar-refractivity contribution in [1.82, 2.24) is 9.88 Å². The van der Waals surface area contributed by atoms with Gasteiger partial charge in [0.15, 0.2) is 0 Å². The Hall–Kier alpha value is -2.43. The fourth-order valence-corrected chi connectivity index (χ4v) is 2.81. The summed E-state index contributed by atoms with van der Waals surface area (Å²) < 4.78 is 13.1. The third kappa shape index (κ3) is 2.59. The van der Waals surface area contributed by atoms with Crippen LogP contribution in [0, 0.1) is 5.82 Å². The van der Waals surface area contributed by atoms with Crippen LogP contribution < -0.4 is 5.73 Å². The molecule has 2 heterocycles. The molecule has 1 fully saturated rings. The van der Waals surface area contributed by atoms with Crippen LogP contribution in [-0.4, -0.2) is 22.3 Å². The summed E-state index contributed by atoms with van der Waals surface area (Å²) in [5.74, 6) is -0.590. The van der Waals surface area contributed by atoms with E-state index in [0.29, 0.717) is 12.1 Å². The van der Waals surface area contributed by atoms with Gasteiger partial charge in [0, 0.05) is 24.6 Å². The van der Waals surface area contributed by atoms with Crippen LogP contribution in [0.3, 0.4) is 0 Å². The van der Waals surface area contributed by atoms with Crippen molar-refractivity contribution in [3.8, 4) is 0 Å². The molecule has 4 nitrogen and oxygen atoms in total. The Morgan fingerprint density at radius 1 is 1.38 bits per heavy atom. The van der Waals surface area contributed by atoms with Gasteiger partial charge in [-0.2, -0.15) is 0 Å². The van der Waals surface area contributed by atoms with Gasteiger partial charge in [-0.05, 0) is 42.7 Å². The Kier molecular flexibility index (Phi) is 3.56. The second kappa shape index (κ2) is 5.52. The molecular formula is C16H16FN3O. The molecule has 1 atom stereocenters. The number of rotatable bonds is 2. The molecule has 0 aliphatic carbocycles. The van der Waals surface area contributed by atoms with Crippen molar-refractivity contribution in [1.29, 1.82) is 0 Å². The first-order chi connectivity index (χ1) is 10.2. The van der Waals surface area contributed by atoms with E-state index < -0.39 is 5.82 Å². The molecule has 1 aromatic heterocycles. The average molecular weight is 285 g/mol. The van der Waals surface area contributed by atoms with Gasteiger partial charge in [0.1, 0.15) is 5.82 Å². The van der Waals surface area contributed by atoms with Gasteiger partial charge in [-0.15, -0.1) is 0 Å². The number of carbonyl (C=O) groups is 1. The van der Waals surface area contributed by atoms with Crippen LogP contribution in [0.5, 0.6) is 0 Å². The van der Waals surface area contributed by atoms with Crippen molar-refractivity contribution < 1.29 is 9.18 Å². The van der Waals surface area contributed by atoms with Crippen LogP contribution in [0.1, 0.15) is 34.8 Å². The lowest BCUT2D eigenvalue weighted by Gasteiger charge is -2.25. The smallest absolute Gasteiger partial charge is 0.256 e. The minimum absolute atomic E-state index is 0.00986. The number of benzene rings is 1. The highest BCUT2D eigenvalue weighted by Crippen LogP contribution is 2.33. The number of amides is 1. The molecule has 1 aromatic carbocycles. The van der Waals surface area contributed by atoms with Crippen LogP contribution >= 0.6 is 0 Å². The number of anilines is 1. The zero-order valence-electron chi connectivity index (χ0n) is 11.5. The third-order valence-corrected chi connectivity index (χ3v) is 3.83. The summed E-state index contributed by atoms with van der Waals surface area (Å²) in [5, 5.41) is 0. The first-order valence-corrected chi connectivity index (χ1v) is 6.93. The highest BCUT2D eigenvalue weighted by molar-refractivity contribution is 5.99. The van der Waals surface area contributed by atoms with Crippen molar-refractivity contribution in [2.75, 3.05) is 12.3 Å². The van der Waals surface area contributed by atoms with E-state index >= 15 is 0 Å². The predicted octanol–water partition coefficient (Wildman–Crippen LogP) is 2.78. The number of nitrogens with two attached hydrogens (primary N) is 1. The van der Waals surface area contributed by atoms with E-state index in [1.165, 1.54) is 18.2 Å². The molecule has 1 amide bonds. The molecule has 21 heavy (non-hydrogen) atoms. The second-order valence-electron chi connectivity index (χ2n) is 5.17. The van der Waals surface area contributed by atoms with Gasteiger partial charge in [-0.25, -0.2) is 4.39 Å². The maximum Gasteiger partial charge on any atom is 0.256 e. The third-order valence-electron chi connectivity index (χ3n) is 3.83. The molecule has 3 rings (SSSR count). The maximum atomic E-state index is 13.1. The fraction of sp³-hybridized carbons (Fsp3) is 0.250. The van der Waals surface area contributed by atoms with E-state index in [9.17, 15) is 9.18 Å². The van der Waals surface area contributed by atoms with Crippen LogP contribution in [-0.2, 0) is 0 Å². The van der Waals surface area contributed by atoms with E-state index in [1.807, 2.05) is 12.1 Å². The Labute approximate surface area is 122 Å². The van der Waals surface area contributed by atoms with E-state index in [2.05, 4.69) is 4.98 Å². The molecular weight excluding hydrogens is 269 g/mol. The highest BCUT2D eigenvalue weighted by Gasteiger charge is 2.31. The van der Waals surface area contributed by atoms with E-state index in [0.717, 1.165) is 18.4 Å². The van der Waals surface area contributed by atoms with Crippen molar-refractivity contribution in [3.63, 3.8) is 0 Å². The summed E-state index contributed by atoms with van der Waals surface area (Å²) in [4.78, 5) is 18.6. The maximum absolute atomic E-state index is 13.1. The lowest BCUT2D eigenvalue weighted by molar-refractivity contribution is 0.0736. The van der Waals surface area contributed by atoms with Crippen LogP contribution in [0.2, 0.25) is 0 Å². The van der Waals surface area contributed by atoms with E-state index in [-0.39, 0.29) is 17.6 Å². The fourth-order valence-electron chi connectivity index (χ4n) is 2.81. The number of pyridine rings is 1.